The average Bonchev–Trinajstić information content (AvgIpc) is 2.55. The molecule has 3 heteroatoms. The van der Waals surface area contributed by atoms with Crippen molar-refractivity contribution in [3.05, 3.63) is 59.2 Å². The van der Waals surface area contributed by atoms with Gasteiger partial charge in [-0.3, -0.25) is 4.79 Å². The van der Waals surface area contributed by atoms with E-state index in [4.69, 9.17) is 0 Å². The largest absolute Gasteiger partial charge is 0.388 e. The summed E-state index contributed by atoms with van der Waals surface area (Å²) in [5.74, 6) is 0.617. The monoisotopic (exact) mass is 306 g/mol. The molecule has 0 saturated heterocycles. The van der Waals surface area contributed by atoms with Gasteiger partial charge >= 0.3 is 0 Å². The Hall–Kier alpha value is -2.29. The number of amides is 1. The number of anilines is 2. The summed E-state index contributed by atoms with van der Waals surface area (Å²) >= 11 is 0. The smallest absolute Gasteiger partial charge is 0.231 e. The molecule has 1 aliphatic carbocycles. The summed E-state index contributed by atoms with van der Waals surface area (Å²) in [6.07, 6.45) is 0.865. The van der Waals surface area contributed by atoms with E-state index in [0.717, 1.165) is 12.1 Å². The number of carbonyl (C=O) groups excluding carboxylic acids is 1. The Morgan fingerprint density at radius 1 is 1.13 bits per heavy atom. The van der Waals surface area contributed by atoms with E-state index in [9.17, 15) is 4.79 Å². The maximum absolute atomic E-state index is 12.9. The number of benzene rings is 2. The summed E-state index contributed by atoms with van der Waals surface area (Å²) in [6, 6.07) is 14.6. The van der Waals surface area contributed by atoms with Gasteiger partial charge in [-0.2, -0.15) is 0 Å². The van der Waals surface area contributed by atoms with Gasteiger partial charge in [0.25, 0.3) is 0 Å². The first kappa shape index (κ1) is 14.3. The van der Waals surface area contributed by atoms with Crippen LogP contribution in [-0.2, 0) is 4.79 Å². The molecular formula is C20H22N2O. The van der Waals surface area contributed by atoms with Gasteiger partial charge in [0, 0.05) is 24.3 Å². The standard InChI is InChI=1S/C20H22N2O/c1-12-11-20(2)18(14-8-6-10-16(21-3)17(12)14)13-7-4-5-9-15(13)22-19(20)23/h4-10,12,18,21H,11H2,1-3H3,(H,22,23). The highest BCUT2D eigenvalue weighted by atomic mass is 16.2. The summed E-state index contributed by atoms with van der Waals surface area (Å²) in [6.45, 7) is 4.35. The minimum atomic E-state index is -0.396. The predicted octanol–water partition coefficient (Wildman–Crippen LogP) is 4.33. The quantitative estimate of drug-likeness (QED) is 0.823. The van der Waals surface area contributed by atoms with Crippen molar-refractivity contribution < 1.29 is 4.79 Å². The second-order valence-corrected chi connectivity index (χ2v) is 7.06. The first-order valence-corrected chi connectivity index (χ1v) is 8.27. The predicted molar refractivity (Wildman–Crippen MR) is 94.0 cm³/mol. The number of hydrogen-bond donors (Lipinski definition) is 2. The maximum atomic E-state index is 12.9. The molecule has 3 nitrogen and oxygen atoms in total. The van der Waals surface area contributed by atoms with Crippen LogP contribution in [0.4, 0.5) is 11.4 Å². The van der Waals surface area contributed by atoms with Crippen molar-refractivity contribution in [1.29, 1.82) is 0 Å². The van der Waals surface area contributed by atoms with Crippen molar-refractivity contribution in [2.24, 2.45) is 5.41 Å². The Balaban J connectivity index is 2.02. The zero-order chi connectivity index (χ0) is 16.2. The van der Waals surface area contributed by atoms with Crippen molar-refractivity contribution in [3.63, 3.8) is 0 Å². The zero-order valence-corrected chi connectivity index (χ0v) is 13.8. The highest BCUT2D eigenvalue weighted by Crippen LogP contribution is 2.57. The van der Waals surface area contributed by atoms with Gasteiger partial charge in [0.2, 0.25) is 5.91 Å². The zero-order valence-electron chi connectivity index (χ0n) is 13.8. The molecule has 1 amide bonds. The van der Waals surface area contributed by atoms with Gasteiger partial charge in [0.05, 0.1) is 5.41 Å². The van der Waals surface area contributed by atoms with Crippen molar-refractivity contribution in [2.45, 2.75) is 32.1 Å². The van der Waals surface area contributed by atoms with Gasteiger partial charge < -0.3 is 10.6 Å². The molecule has 2 aliphatic rings. The molecule has 4 rings (SSSR count). The van der Waals surface area contributed by atoms with E-state index in [1.54, 1.807) is 0 Å². The highest BCUT2D eigenvalue weighted by Gasteiger charge is 2.51. The molecule has 0 bridgehead atoms. The van der Waals surface area contributed by atoms with Crippen LogP contribution < -0.4 is 10.6 Å². The lowest BCUT2D eigenvalue weighted by atomic mass is 9.57. The molecule has 23 heavy (non-hydrogen) atoms. The van der Waals surface area contributed by atoms with Crippen molar-refractivity contribution in [3.8, 4) is 0 Å². The fraction of sp³-hybridized carbons (Fsp3) is 0.350. The van der Waals surface area contributed by atoms with Gasteiger partial charge in [-0.15, -0.1) is 0 Å². The normalized spacial score (nSPS) is 28.2. The molecule has 0 fully saturated rings. The van der Waals surface area contributed by atoms with Crippen LogP contribution in [0.15, 0.2) is 42.5 Å². The molecule has 2 aromatic carbocycles. The Morgan fingerprint density at radius 2 is 1.87 bits per heavy atom. The van der Waals surface area contributed by atoms with Crippen LogP contribution in [0.5, 0.6) is 0 Å². The highest BCUT2D eigenvalue weighted by molar-refractivity contribution is 6.00. The fourth-order valence-corrected chi connectivity index (χ4v) is 4.66. The van der Waals surface area contributed by atoms with Crippen LogP contribution in [0.1, 0.15) is 48.8 Å². The SMILES string of the molecule is CNc1cccc2c1C(C)CC1(C)C(=O)Nc3ccccc3C21. The molecule has 0 radical (unpaired) electrons. The molecule has 2 aromatic rings. The molecule has 0 saturated carbocycles. The average molecular weight is 306 g/mol. The van der Waals surface area contributed by atoms with Crippen LogP contribution in [0.25, 0.3) is 0 Å². The van der Waals surface area contributed by atoms with E-state index >= 15 is 0 Å². The minimum absolute atomic E-state index is 0.118. The van der Waals surface area contributed by atoms with E-state index < -0.39 is 5.41 Å². The molecule has 3 unspecified atom stereocenters. The minimum Gasteiger partial charge on any atom is -0.388 e. The Labute approximate surface area is 137 Å². The van der Waals surface area contributed by atoms with E-state index in [-0.39, 0.29) is 11.8 Å². The summed E-state index contributed by atoms with van der Waals surface area (Å²) in [5.41, 5.74) is 5.63. The first-order valence-electron chi connectivity index (χ1n) is 8.27. The van der Waals surface area contributed by atoms with E-state index in [1.807, 2.05) is 19.2 Å². The van der Waals surface area contributed by atoms with E-state index in [2.05, 4.69) is 54.8 Å². The van der Waals surface area contributed by atoms with Gasteiger partial charge in [0.1, 0.15) is 0 Å². The summed E-state index contributed by atoms with van der Waals surface area (Å²) in [5, 5.41) is 6.45. The van der Waals surface area contributed by atoms with Crippen molar-refractivity contribution >= 4 is 17.3 Å². The van der Waals surface area contributed by atoms with Crippen LogP contribution in [0, 0.1) is 5.41 Å². The molecule has 2 N–H and O–H groups in total. The van der Waals surface area contributed by atoms with Crippen molar-refractivity contribution in [2.75, 3.05) is 17.7 Å². The summed E-state index contributed by atoms with van der Waals surface area (Å²) in [7, 11) is 1.97. The Morgan fingerprint density at radius 3 is 2.65 bits per heavy atom. The van der Waals surface area contributed by atoms with Gasteiger partial charge in [-0.25, -0.2) is 0 Å². The number of rotatable bonds is 1. The summed E-state index contributed by atoms with van der Waals surface area (Å²) < 4.78 is 0. The Kier molecular flexibility index (Phi) is 3.02. The third-order valence-electron chi connectivity index (χ3n) is 5.62. The van der Waals surface area contributed by atoms with Crippen molar-refractivity contribution in [1.82, 2.24) is 0 Å². The molecule has 1 aliphatic heterocycles. The number of carbonyl (C=O) groups is 1. The lowest BCUT2D eigenvalue weighted by Gasteiger charge is -2.48. The van der Waals surface area contributed by atoms with Gasteiger partial charge in [0.15, 0.2) is 0 Å². The van der Waals surface area contributed by atoms with Crippen LogP contribution >= 0.6 is 0 Å². The molecule has 0 aromatic heterocycles. The molecule has 0 spiro atoms. The number of hydrogen-bond acceptors (Lipinski definition) is 2. The second kappa shape index (κ2) is 4.85. The Bertz CT molecular complexity index is 798. The molecule has 118 valence electrons. The third kappa shape index (κ3) is 1.86. The van der Waals surface area contributed by atoms with Crippen LogP contribution in [0.2, 0.25) is 0 Å². The third-order valence-corrected chi connectivity index (χ3v) is 5.62. The fourth-order valence-electron chi connectivity index (χ4n) is 4.66. The number of nitrogens with one attached hydrogen (secondary N) is 2. The number of fused-ring (bicyclic) bond motifs is 5. The lowest BCUT2D eigenvalue weighted by molar-refractivity contribution is -0.127. The van der Waals surface area contributed by atoms with E-state index in [0.29, 0.717) is 5.92 Å². The van der Waals surface area contributed by atoms with Crippen LogP contribution in [0.3, 0.4) is 0 Å². The van der Waals surface area contributed by atoms with Gasteiger partial charge in [-0.1, -0.05) is 37.3 Å². The second-order valence-electron chi connectivity index (χ2n) is 7.06. The molecule has 1 heterocycles. The molecular weight excluding hydrogens is 284 g/mol. The maximum Gasteiger partial charge on any atom is 0.231 e. The van der Waals surface area contributed by atoms with E-state index in [1.165, 1.54) is 22.4 Å². The summed E-state index contributed by atoms with van der Waals surface area (Å²) in [4.78, 5) is 12.9. The molecule has 3 atom stereocenters. The number of para-hydroxylation sites is 1. The topological polar surface area (TPSA) is 41.1 Å². The van der Waals surface area contributed by atoms with Gasteiger partial charge in [-0.05, 0) is 48.1 Å². The van der Waals surface area contributed by atoms with Crippen LogP contribution in [-0.4, -0.2) is 13.0 Å². The lowest BCUT2D eigenvalue weighted by Crippen LogP contribution is -2.46. The first-order chi connectivity index (χ1) is 11.1.